The van der Waals surface area contributed by atoms with Gasteiger partial charge in [0.15, 0.2) is 17.1 Å². The minimum absolute atomic E-state index is 0.0246. The Hall–Kier alpha value is -6.39. The van der Waals surface area contributed by atoms with Gasteiger partial charge < -0.3 is 18.9 Å². The fourth-order valence-corrected chi connectivity index (χ4v) is 7.99. The second-order valence-corrected chi connectivity index (χ2v) is 14.5. The summed E-state index contributed by atoms with van der Waals surface area (Å²) in [5.41, 5.74) is 2.56. The lowest BCUT2D eigenvalue weighted by molar-refractivity contribution is -0.951. The zero-order valence-corrected chi connectivity index (χ0v) is 33.1. The first-order valence-electron chi connectivity index (χ1n) is 19.1. The Labute approximate surface area is 342 Å². The number of fused-ring (bicyclic) bond motifs is 2. The van der Waals surface area contributed by atoms with Crippen LogP contribution in [-0.4, -0.2) is 61.1 Å². The first-order chi connectivity index (χ1) is 29.0. The van der Waals surface area contributed by atoms with E-state index in [9.17, 15) is 0 Å². The number of nitrogens with zero attached hydrogens (tertiary/aromatic N) is 6. The van der Waals surface area contributed by atoms with Crippen molar-refractivity contribution < 1.29 is 45.9 Å². The van der Waals surface area contributed by atoms with E-state index in [0.29, 0.717) is 61.1 Å². The zero-order valence-electron chi connectivity index (χ0n) is 33.1. The Balaban J connectivity index is 1.32. The lowest BCUT2D eigenvalue weighted by atomic mass is 9.94. The summed E-state index contributed by atoms with van der Waals surface area (Å²) in [6.45, 7) is 5.19. The number of hydrogen-bond donors (Lipinski definition) is 0. The molecule has 8 rings (SSSR count). The summed E-state index contributed by atoms with van der Waals surface area (Å²) in [6, 6.07) is 18.8. The van der Waals surface area contributed by atoms with Gasteiger partial charge in [-0.15, -0.1) is 4.59 Å². The molecule has 0 fully saturated rings. The first-order valence-corrected chi connectivity index (χ1v) is 19.1. The standard InChI is InChI=1S/C45H40F4N6O5/c1-27(29-5-7-41-31(15-29)17-39(25-50-41)59-13-11-57-3)55(28(2)30-6-8-42-32(16-30)18-40(26-51-42)60-14-12-58-4)44-43(52-53-55)9-10-54(45(44)56,37-21-33(46)19-34(47)22-37)38-23-35(48)20-36(49)24-38/h5-10,15-28H,11-14H2,1-4H3/q+2/t27-,28-/m1/s1. The number of benzene rings is 4. The molecule has 0 radical (unpaired) electrons. The van der Waals surface area contributed by atoms with E-state index < -0.39 is 50.3 Å². The van der Waals surface area contributed by atoms with Crippen LogP contribution >= 0.6 is 0 Å². The number of ether oxygens (including phenoxy) is 4. The molecule has 1 amide bonds. The second kappa shape index (κ2) is 16.3. The van der Waals surface area contributed by atoms with Crippen molar-refractivity contribution in [2.24, 2.45) is 10.3 Å². The number of carbonyl (C=O) groups is 1. The molecule has 2 aromatic heterocycles. The summed E-state index contributed by atoms with van der Waals surface area (Å²) in [6.07, 6.45) is 6.06. The van der Waals surface area contributed by atoms with Gasteiger partial charge >= 0.3 is 5.91 Å². The van der Waals surface area contributed by atoms with Crippen LogP contribution in [0.2, 0.25) is 0 Å². The number of pyridine rings is 2. The van der Waals surface area contributed by atoms with Crippen molar-refractivity contribution in [3.8, 4) is 11.5 Å². The van der Waals surface area contributed by atoms with Crippen LogP contribution in [0.1, 0.15) is 37.1 Å². The van der Waals surface area contributed by atoms with E-state index in [1.165, 1.54) is 12.3 Å². The van der Waals surface area contributed by atoms with Crippen LogP contribution in [0.4, 0.5) is 28.9 Å². The molecule has 60 heavy (non-hydrogen) atoms. The highest BCUT2D eigenvalue weighted by atomic mass is 19.1. The van der Waals surface area contributed by atoms with E-state index >= 15 is 22.4 Å². The predicted molar refractivity (Wildman–Crippen MR) is 216 cm³/mol. The van der Waals surface area contributed by atoms with Crippen molar-refractivity contribution >= 4 is 39.1 Å². The van der Waals surface area contributed by atoms with Crippen LogP contribution in [0, 0.1) is 23.3 Å². The van der Waals surface area contributed by atoms with Crippen LogP contribution in [0.25, 0.3) is 21.8 Å². The van der Waals surface area contributed by atoms with Gasteiger partial charge in [0.2, 0.25) is 0 Å². The molecular weight excluding hydrogens is 781 g/mol. The molecule has 0 saturated carbocycles. The molecular formula is C45H40F4N6O5+2. The Morgan fingerprint density at radius 1 is 0.617 bits per heavy atom. The molecule has 2 aliphatic heterocycles. The number of quaternary nitrogens is 2. The number of halogens is 4. The van der Waals surface area contributed by atoms with Gasteiger partial charge in [-0.3, -0.25) is 9.97 Å². The van der Waals surface area contributed by atoms with Gasteiger partial charge in [0, 0.05) is 83.8 Å². The Bertz CT molecular complexity index is 2550. The number of methoxy groups -OCH3 is 2. The molecule has 0 bridgehead atoms. The monoisotopic (exact) mass is 820 g/mol. The third kappa shape index (κ3) is 7.19. The molecule has 11 nitrogen and oxygen atoms in total. The average molecular weight is 821 g/mol. The first kappa shape index (κ1) is 40.4. The van der Waals surface area contributed by atoms with E-state index in [1.807, 2.05) is 62.4 Å². The van der Waals surface area contributed by atoms with E-state index in [2.05, 4.69) is 15.1 Å². The molecule has 0 unspecified atom stereocenters. The molecule has 0 N–H and O–H groups in total. The van der Waals surface area contributed by atoms with E-state index in [1.54, 1.807) is 26.6 Å². The minimum atomic E-state index is -1.11. The highest BCUT2D eigenvalue weighted by molar-refractivity contribution is 6.08. The Morgan fingerprint density at radius 2 is 1.08 bits per heavy atom. The van der Waals surface area contributed by atoms with E-state index in [-0.39, 0.29) is 22.8 Å². The molecule has 4 heterocycles. The lowest BCUT2D eigenvalue weighted by Gasteiger charge is -2.42. The van der Waals surface area contributed by atoms with Crippen LogP contribution in [0.5, 0.6) is 11.5 Å². The largest absolute Gasteiger partial charge is 0.490 e. The van der Waals surface area contributed by atoms with E-state index in [0.717, 1.165) is 46.2 Å². The summed E-state index contributed by atoms with van der Waals surface area (Å²) >= 11 is 0. The minimum Gasteiger partial charge on any atom is -0.490 e. The molecule has 4 aromatic carbocycles. The summed E-state index contributed by atoms with van der Waals surface area (Å²) in [5, 5.41) is 11.0. The lowest BCUT2D eigenvalue weighted by Crippen LogP contribution is -2.56. The molecule has 306 valence electrons. The fourth-order valence-electron chi connectivity index (χ4n) is 7.99. The average Bonchev–Trinajstić information content (AvgIpc) is 3.63. The Morgan fingerprint density at radius 3 is 1.53 bits per heavy atom. The van der Waals surface area contributed by atoms with Gasteiger partial charge in [-0.25, -0.2) is 22.4 Å². The number of allylic oxidation sites excluding steroid dienone is 1. The normalized spacial score (nSPS) is 16.4. The van der Waals surface area contributed by atoms with Gasteiger partial charge in [0.25, 0.3) is 5.70 Å². The van der Waals surface area contributed by atoms with Crippen LogP contribution < -0.4 is 14.0 Å². The van der Waals surface area contributed by atoms with Crippen LogP contribution in [-0.2, 0) is 14.3 Å². The summed E-state index contributed by atoms with van der Waals surface area (Å²) in [5.74, 6) is -3.68. The number of carbonyl (C=O) groups excluding carboxylic acids is 1. The SMILES string of the molecule is COCCOc1cnc2ccc([C@@H](C)[N+]3([C@H](C)c4ccc5ncc(OCCOC)cc5c4)N=NC4=C3C(=O)[N+](c3cc(F)cc(F)c3)(c3cc(F)cc(F)c3)C=C4)cc2c1. The number of aromatic nitrogens is 2. The molecule has 15 heteroatoms. The van der Waals surface area contributed by atoms with Crippen LogP contribution in [0.3, 0.4) is 0 Å². The highest BCUT2D eigenvalue weighted by Crippen LogP contribution is 2.54. The van der Waals surface area contributed by atoms with Gasteiger partial charge in [0.05, 0.1) is 36.6 Å². The summed E-state index contributed by atoms with van der Waals surface area (Å²) in [7, 11) is 3.17. The third-order valence-corrected chi connectivity index (χ3v) is 11.0. The van der Waals surface area contributed by atoms with Crippen LogP contribution in [0.15, 0.2) is 131 Å². The number of rotatable bonds is 14. The van der Waals surface area contributed by atoms with Gasteiger partial charge in [0.1, 0.15) is 66.3 Å². The molecule has 0 spiro atoms. The van der Waals surface area contributed by atoms with Crippen molar-refractivity contribution in [2.75, 3.05) is 40.6 Å². The number of hydrogen-bond acceptors (Lipinski definition) is 9. The topological polar surface area (TPSA) is 104 Å². The number of amides is 1. The smallest absolute Gasteiger partial charge is 0.419 e. The van der Waals surface area contributed by atoms with Crippen molar-refractivity contribution in [3.63, 3.8) is 0 Å². The van der Waals surface area contributed by atoms with Crippen molar-refractivity contribution in [3.05, 3.63) is 155 Å². The molecule has 0 saturated heterocycles. The van der Waals surface area contributed by atoms with E-state index in [4.69, 9.17) is 24.2 Å². The maximum absolute atomic E-state index is 15.8. The zero-order chi connectivity index (χ0) is 42.2. The van der Waals surface area contributed by atoms with Gasteiger partial charge in [-0.1, -0.05) is 17.2 Å². The maximum Gasteiger partial charge on any atom is 0.419 e. The summed E-state index contributed by atoms with van der Waals surface area (Å²) in [4.78, 5) is 24.9. The van der Waals surface area contributed by atoms with Gasteiger partial charge in [-0.2, -0.15) is 4.48 Å². The van der Waals surface area contributed by atoms with Gasteiger partial charge in [-0.05, 0) is 50.2 Å². The molecule has 6 aromatic rings. The Kier molecular flexibility index (Phi) is 11.0. The fraction of sp³-hybridized carbons (Fsp3) is 0.222. The molecule has 2 aliphatic rings. The van der Waals surface area contributed by atoms with Crippen molar-refractivity contribution in [2.45, 2.75) is 25.9 Å². The quantitative estimate of drug-likeness (QED) is 0.0612. The summed E-state index contributed by atoms with van der Waals surface area (Å²) < 4.78 is 80.9. The van der Waals surface area contributed by atoms with Crippen molar-refractivity contribution in [1.82, 2.24) is 14.5 Å². The molecule has 0 aliphatic carbocycles. The van der Waals surface area contributed by atoms with Crippen molar-refractivity contribution in [1.29, 1.82) is 0 Å². The third-order valence-electron chi connectivity index (χ3n) is 11.0. The second-order valence-electron chi connectivity index (χ2n) is 14.5. The maximum atomic E-state index is 15.8. The predicted octanol–water partition coefficient (Wildman–Crippen LogP) is 10.0. The highest BCUT2D eigenvalue weighted by Gasteiger charge is 2.62. The molecule has 2 atom stereocenters.